The Labute approximate surface area is 273 Å². The highest BCUT2D eigenvalue weighted by Crippen LogP contribution is 2.34. The van der Waals surface area contributed by atoms with Crippen LogP contribution in [0.15, 0.2) is 65.4 Å². The zero-order chi connectivity index (χ0) is 30.5. The van der Waals surface area contributed by atoms with E-state index < -0.39 is 0 Å². The van der Waals surface area contributed by atoms with Crippen molar-refractivity contribution < 1.29 is 14.6 Å². The minimum absolute atomic E-state index is 0.122. The van der Waals surface area contributed by atoms with Gasteiger partial charge in [0.1, 0.15) is 22.5 Å². The monoisotopic (exact) mass is 696 g/mol. The summed E-state index contributed by atoms with van der Waals surface area (Å²) < 4.78 is 12.7. The number of hydrogen-bond donors (Lipinski definition) is 2. The van der Waals surface area contributed by atoms with Gasteiger partial charge in [-0.05, 0) is 73.7 Å². The van der Waals surface area contributed by atoms with Crippen molar-refractivity contribution in [2.75, 3.05) is 36.5 Å². The summed E-state index contributed by atoms with van der Waals surface area (Å²) in [5.74, 6) is 1.44. The van der Waals surface area contributed by atoms with Gasteiger partial charge in [0, 0.05) is 46.4 Å². The minimum atomic E-state index is 0.122. The van der Waals surface area contributed by atoms with Gasteiger partial charge in [-0.25, -0.2) is 19.9 Å². The second kappa shape index (κ2) is 14.1. The summed E-state index contributed by atoms with van der Waals surface area (Å²) in [5, 5.41) is 15.2. The second-order valence-corrected chi connectivity index (χ2v) is 12.2. The van der Waals surface area contributed by atoms with Gasteiger partial charge < -0.3 is 24.8 Å². The number of phenolic OH excluding ortho intramolecular Hbond substituents is 1. The molecule has 2 aromatic heterocycles. The number of morpholine rings is 1. The number of halogens is 3. The minimum Gasteiger partial charge on any atom is -0.506 e. The molecule has 1 saturated heterocycles. The van der Waals surface area contributed by atoms with Crippen LogP contribution in [-0.2, 0) is 4.74 Å². The molecule has 0 atom stereocenters. The van der Waals surface area contributed by atoms with Crippen LogP contribution in [0.2, 0.25) is 10.3 Å². The number of rotatable bonds is 5. The number of aromatic nitrogens is 4. The van der Waals surface area contributed by atoms with Gasteiger partial charge in [-0.3, -0.25) is 0 Å². The Morgan fingerprint density at radius 1 is 0.932 bits per heavy atom. The maximum atomic E-state index is 9.35. The average Bonchev–Trinajstić information content (AvgIpc) is 3.04. The molecule has 0 amide bonds. The van der Waals surface area contributed by atoms with Crippen LogP contribution in [0.5, 0.6) is 11.5 Å². The Balaban J connectivity index is 0.000000238. The first-order valence-electron chi connectivity index (χ1n) is 14.6. The average molecular weight is 698 g/mol. The van der Waals surface area contributed by atoms with E-state index in [-0.39, 0.29) is 17.1 Å². The van der Waals surface area contributed by atoms with E-state index >= 15 is 0 Å². The summed E-state index contributed by atoms with van der Waals surface area (Å²) in [4.78, 5) is 19.2. The molecule has 5 aromatic rings. The third kappa shape index (κ3) is 7.26. The Morgan fingerprint density at radius 2 is 1.75 bits per heavy atom. The van der Waals surface area contributed by atoms with Crippen molar-refractivity contribution in [1.82, 2.24) is 19.9 Å². The zero-order valence-corrected chi connectivity index (χ0v) is 26.9. The smallest absolute Gasteiger partial charge is 0.227 e. The van der Waals surface area contributed by atoms with Gasteiger partial charge >= 0.3 is 0 Å². The van der Waals surface area contributed by atoms with Crippen LogP contribution in [0.4, 0.5) is 17.3 Å². The molecule has 3 aromatic carbocycles. The Kier molecular flexibility index (Phi) is 9.81. The largest absolute Gasteiger partial charge is 0.506 e. The molecule has 0 bridgehead atoms. The fourth-order valence-corrected chi connectivity index (χ4v) is 6.23. The van der Waals surface area contributed by atoms with Crippen LogP contribution in [0, 0.1) is 0 Å². The van der Waals surface area contributed by atoms with Crippen LogP contribution in [0.25, 0.3) is 21.8 Å². The molecule has 7 rings (SSSR count). The molecular weight excluding hydrogens is 667 g/mol. The van der Waals surface area contributed by atoms with Gasteiger partial charge in [0.15, 0.2) is 0 Å². The van der Waals surface area contributed by atoms with Crippen molar-refractivity contribution in [2.24, 2.45) is 0 Å². The lowest BCUT2D eigenvalue weighted by molar-refractivity contribution is 0.122. The van der Waals surface area contributed by atoms with Crippen molar-refractivity contribution in [3.63, 3.8) is 0 Å². The number of phenols is 1. The van der Waals surface area contributed by atoms with Crippen LogP contribution in [0.1, 0.15) is 32.1 Å². The van der Waals surface area contributed by atoms with Gasteiger partial charge in [0.05, 0.1) is 30.0 Å². The Morgan fingerprint density at radius 3 is 2.55 bits per heavy atom. The number of ether oxygens (including phenoxy) is 2. The molecule has 1 aliphatic heterocycles. The van der Waals surface area contributed by atoms with Crippen molar-refractivity contribution in [3.8, 4) is 11.5 Å². The van der Waals surface area contributed by atoms with Crippen molar-refractivity contribution in [2.45, 2.75) is 38.2 Å². The molecule has 12 heteroatoms. The topological polar surface area (TPSA) is 106 Å². The van der Waals surface area contributed by atoms with E-state index in [1.54, 1.807) is 18.3 Å². The molecule has 2 N–H and O–H groups in total. The van der Waals surface area contributed by atoms with Crippen LogP contribution in [-0.4, -0.2) is 57.4 Å². The van der Waals surface area contributed by atoms with E-state index in [2.05, 4.69) is 41.1 Å². The van der Waals surface area contributed by atoms with Gasteiger partial charge in [-0.2, -0.15) is 0 Å². The maximum absolute atomic E-state index is 9.35. The zero-order valence-electron chi connectivity index (χ0n) is 23.8. The number of aromatic hydroxyl groups is 1. The highest BCUT2D eigenvalue weighted by molar-refractivity contribution is 9.10. The third-order valence-electron chi connectivity index (χ3n) is 7.62. The van der Waals surface area contributed by atoms with Crippen LogP contribution < -0.4 is 15.0 Å². The van der Waals surface area contributed by atoms with Crippen molar-refractivity contribution in [3.05, 3.63) is 75.7 Å². The lowest BCUT2D eigenvalue weighted by atomic mass is 9.98. The standard InChI is InChI=1S/C24H26BrClN4O2.C8H5ClN2O/c25-19-7-9-22(32-17-4-2-1-3-5-17)23-18(19)15-27-24(29-23)28-16-6-8-21(20(26)14-16)30-10-12-31-13-11-30;9-8-10-4-5-2-1-3-6(12)7(5)11-8/h6-9,14-15,17H,1-5,10-13H2,(H,27,28,29);1-4,12H. The Bertz CT molecular complexity index is 1770. The van der Waals surface area contributed by atoms with Crippen molar-refractivity contribution in [1.29, 1.82) is 0 Å². The predicted octanol–water partition coefficient (Wildman–Crippen LogP) is 8.33. The SMILES string of the molecule is Clc1cc(Nc2ncc3c(Br)ccc(OC4CCCCC4)c3n2)ccc1N1CCOCC1.Oc1cccc2cnc(Cl)nc12. The lowest BCUT2D eigenvalue weighted by Crippen LogP contribution is -2.36. The van der Waals surface area contributed by atoms with Gasteiger partial charge in [-0.1, -0.05) is 46.1 Å². The molecule has 0 radical (unpaired) electrons. The number of para-hydroxylation sites is 1. The maximum Gasteiger partial charge on any atom is 0.227 e. The van der Waals surface area contributed by atoms with E-state index in [1.165, 1.54) is 19.3 Å². The summed E-state index contributed by atoms with van der Waals surface area (Å²) >= 11 is 15.8. The molecule has 1 aliphatic carbocycles. The number of anilines is 3. The molecule has 228 valence electrons. The first-order valence-corrected chi connectivity index (χ1v) is 16.1. The molecule has 0 spiro atoms. The fraction of sp³-hybridized carbons (Fsp3) is 0.312. The fourth-order valence-electron chi connectivity index (χ4n) is 5.37. The molecule has 44 heavy (non-hydrogen) atoms. The van der Waals surface area contributed by atoms with Gasteiger partial charge in [0.2, 0.25) is 11.2 Å². The number of benzene rings is 3. The van der Waals surface area contributed by atoms with Crippen LogP contribution in [0.3, 0.4) is 0 Å². The Hall–Kier alpha value is -3.44. The number of fused-ring (bicyclic) bond motifs is 2. The lowest BCUT2D eigenvalue weighted by Gasteiger charge is -2.29. The van der Waals surface area contributed by atoms with E-state index in [9.17, 15) is 5.11 Å². The highest BCUT2D eigenvalue weighted by atomic mass is 79.9. The highest BCUT2D eigenvalue weighted by Gasteiger charge is 2.18. The quantitative estimate of drug-likeness (QED) is 0.175. The molecular formula is C32H31BrCl2N6O3. The molecule has 0 unspecified atom stereocenters. The van der Waals surface area contributed by atoms with E-state index in [1.807, 2.05) is 42.6 Å². The first kappa shape index (κ1) is 30.6. The van der Waals surface area contributed by atoms with Gasteiger partial charge in [0.25, 0.3) is 0 Å². The second-order valence-electron chi connectivity index (χ2n) is 10.6. The van der Waals surface area contributed by atoms with E-state index in [4.69, 9.17) is 37.7 Å². The summed E-state index contributed by atoms with van der Waals surface area (Å²) in [6.45, 7) is 3.14. The predicted molar refractivity (Wildman–Crippen MR) is 179 cm³/mol. The molecule has 2 fully saturated rings. The molecule has 1 saturated carbocycles. The van der Waals surface area contributed by atoms with Crippen LogP contribution >= 0.6 is 39.1 Å². The number of hydrogen-bond acceptors (Lipinski definition) is 9. The van der Waals surface area contributed by atoms with Gasteiger partial charge in [-0.15, -0.1) is 0 Å². The molecule has 9 nitrogen and oxygen atoms in total. The van der Waals surface area contributed by atoms with Crippen molar-refractivity contribution >= 4 is 78.3 Å². The summed E-state index contributed by atoms with van der Waals surface area (Å²) in [6, 6.07) is 15.1. The normalized spacial score (nSPS) is 15.6. The first-order chi connectivity index (χ1) is 21.4. The summed E-state index contributed by atoms with van der Waals surface area (Å²) in [5.41, 5.74) is 3.15. The van der Waals surface area contributed by atoms with E-state index in [0.29, 0.717) is 16.5 Å². The molecule has 2 aliphatic rings. The summed E-state index contributed by atoms with van der Waals surface area (Å²) in [6.07, 6.45) is 9.60. The molecule has 3 heterocycles. The summed E-state index contributed by atoms with van der Waals surface area (Å²) in [7, 11) is 0. The number of nitrogens with one attached hydrogen (secondary N) is 1. The number of nitrogens with zero attached hydrogens (tertiary/aromatic N) is 5. The third-order valence-corrected chi connectivity index (χ3v) is 8.80. The van der Waals surface area contributed by atoms with E-state index in [0.717, 1.165) is 77.0 Å².